The summed E-state index contributed by atoms with van der Waals surface area (Å²) in [6.07, 6.45) is 1.04. The molecule has 0 aliphatic carbocycles. The highest BCUT2D eigenvalue weighted by molar-refractivity contribution is 5.93. The Morgan fingerprint density at radius 2 is 1.74 bits per heavy atom. The van der Waals surface area contributed by atoms with Crippen molar-refractivity contribution in [1.82, 2.24) is 4.90 Å². The number of carbonyl (C=O) groups excluding carboxylic acids is 1. The number of para-hydroxylation sites is 1. The van der Waals surface area contributed by atoms with Gasteiger partial charge in [0, 0.05) is 37.6 Å². The van der Waals surface area contributed by atoms with E-state index in [1.165, 1.54) is 17.7 Å². The molecular formula is C22H28FN3O. The Hall–Kier alpha value is -2.40. The van der Waals surface area contributed by atoms with E-state index < -0.39 is 0 Å². The van der Waals surface area contributed by atoms with Crippen LogP contribution in [0.5, 0.6) is 0 Å². The van der Waals surface area contributed by atoms with Gasteiger partial charge in [0.1, 0.15) is 5.82 Å². The Kier molecular flexibility index (Phi) is 6.45. The fraction of sp³-hybridized carbons (Fsp3) is 0.409. The molecule has 1 amide bonds. The number of piperazine rings is 1. The van der Waals surface area contributed by atoms with Crippen LogP contribution in [0.15, 0.2) is 48.5 Å². The van der Waals surface area contributed by atoms with Crippen LogP contribution >= 0.6 is 0 Å². The molecule has 4 nitrogen and oxygen atoms in total. The number of hydrogen-bond donors (Lipinski definition) is 1. The molecule has 27 heavy (non-hydrogen) atoms. The van der Waals surface area contributed by atoms with Gasteiger partial charge in [0.2, 0.25) is 5.91 Å². The standard InChI is InChI=1S/C22H28FN3O/c1-3-17(2)20-6-4-5-7-21(20)24-22(27)16-25-12-14-26(15-13-25)19-10-8-18(23)9-11-19/h4-11,17H,3,12-16H2,1-2H3,(H,24,27)/t17-/m0/s1. The Morgan fingerprint density at radius 3 is 2.41 bits per heavy atom. The summed E-state index contributed by atoms with van der Waals surface area (Å²) in [6, 6.07) is 14.6. The average Bonchev–Trinajstić information content (AvgIpc) is 2.69. The van der Waals surface area contributed by atoms with E-state index in [4.69, 9.17) is 0 Å². The van der Waals surface area contributed by atoms with Gasteiger partial charge in [0.15, 0.2) is 0 Å². The number of carbonyl (C=O) groups is 1. The lowest BCUT2D eigenvalue weighted by atomic mass is 9.97. The number of halogens is 1. The molecule has 3 rings (SSSR count). The van der Waals surface area contributed by atoms with Gasteiger partial charge in [-0.15, -0.1) is 0 Å². The van der Waals surface area contributed by atoms with Gasteiger partial charge in [0.25, 0.3) is 0 Å². The maximum atomic E-state index is 13.1. The molecule has 1 atom stereocenters. The second kappa shape index (κ2) is 9.00. The van der Waals surface area contributed by atoms with Crippen LogP contribution in [0.3, 0.4) is 0 Å². The molecule has 1 aliphatic heterocycles. The largest absolute Gasteiger partial charge is 0.369 e. The van der Waals surface area contributed by atoms with Crippen LogP contribution in [-0.4, -0.2) is 43.5 Å². The molecule has 5 heteroatoms. The minimum atomic E-state index is -0.216. The number of nitrogens with zero attached hydrogens (tertiary/aromatic N) is 2. The first-order valence-corrected chi connectivity index (χ1v) is 9.68. The van der Waals surface area contributed by atoms with Crippen molar-refractivity contribution in [2.45, 2.75) is 26.2 Å². The average molecular weight is 369 g/mol. The van der Waals surface area contributed by atoms with Crippen molar-refractivity contribution in [3.8, 4) is 0 Å². The maximum Gasteiger partial charge on any atom is 0.238 e. The smallest absolute Gasteiger partial charge is 0.238 e. The lowest BCUT2D eigenvalue weighted by Gasteiger charge is -2.35. The first-order valence-electron chi connectivity index (χ1n) is 9.68. The zero-order valence-corrected chi connectivity index (χ0v) is 16.1. The predicted octanol–water partition coefficient (Wildman–Crippen LogP) is 4.10. The lowest BCUT2D eigenvalue weighted by molar-refractivity contribution is -0.117. The van der Waals surface area contributed by atoms with E-state index in [1.807, 2.05) is 30.3 Å². The number of hydrogen-bond acceptors (Lipinski definition) is 3. The number of rotatable bonds is 6. The lowest BCUT2D eigenvalue weighted by Crippen LogP contribution is -2.48. The SMILES string of the molecule is CC[C@H](C)c1ccccc1NC(=O)CN1CCN(c2ccc(F)cc2)CC1. The number of anilines is 2. The minimum Gasteiger partial charge on any atom is -0.369 e. The van der Waals surface area contributed by atoms with Crippen molar-refractivity contribution in [3.05, 3.63) is 59.9 Å². The molecule has 1 aliphatic rings. The van der Waals surface area contributed by atoms with Crippen molar-refractivity contribution in [2.75, 3.05) is 42.9 Å². The van der Waals surface area contributed by atoms with E-state index in [2.05, 4.69) is 35.0 Å². The number of amides is 1. The van der Waals surface area contributed by atoms with Crippen molar-refractivity contribution in [3.63, 3.8) is 0 Å². The van der Waals surface area contributed by atoms with E-state index in [-0.39, 0.29) is 11.7 Å². The third kappa shape index (κ3) is 5.07. The molecule has 0 saturated carbocycles. The fourth-order valence-electron chi connectivity index (χ4n) is 3.47. The Balaban J connectivity index is 1.52. The van der Waals surface area contributed by atoms with Crippen molar-refractivity contribution in [2.24, 2.45) is 0 Å². The molecule has 0 aromatic heterocycles. The van der Waals surface area contributed by atoms with E-state index >= 15 is 0 Å². The van der Waals surface area contributed by atoms with Crippen LogP contribution in [0.25, 0.3) is 0 Å². The molecule has 1 heterocycles. The first kappa shape index (κ1) is 19.4. The zero-order valence-electron chi connectivity index (χ0n) is 16.1. The van der Waals surface area contributed by atoms with Crippen LogP contribution in [0, 0.1) is 5.82 Å². The molecule has 2 aromatic rings. The van der Waals surface area contributed by atoms with Gasteiger partial charge >= 0.3 is 0 Å². The molecule has 0 bridgehead atoms. The summed E-state index contributed by atoms with van der Waals surface area (Å²) in [7, 11) is 0. The topological polar surface area (TPSA) is 35.6 Å². The molecule has 1 N–H and O–H groups in total. The van der Waals surface area contributed by atoms with Gasteiger partial charge in [-0.2, -0.15) is 0 Å². The summed E-state index contributed by atoms with van der Waals surface area (Å²) < 4.78 is 13.1. The number of nitrogens with one attached hydrogen (secondary N) is 1. The fourth-order valence-corrected chi connectivity index (χ4v) is 3.47. The molecule has 0 radical (unpaired) electrons. The van der Waals surface area contributed by atoms with Gasteiger partial charge in [-0.25, -0.2) is 4.39 Å². The van der Waals surface area contributed by atoms with Gasteiger partial charge in [-0.05, 0) is 48.2 Å². The van der Waals surface area contributed by atoms with E-state index in [0.717, 1.165) is 44.0 Å². The van der Waals surface area contributed by atoms with Gasteiger partial charge in [-0.1, -0.05) is 32.0 Å². The molecule has 0 unspecified atom stereocenters. The van der Waals surface area contributed by atoms with Gasteiger partial charge in [0.05, 0.1) is 6.54 Å². The Morgan fingerprint density at radius 1 is 1.07 bits per heavy atom. The van der Waals surface area contributed by atoms with Crippen LogP contribution in [0.2, 0.25) is 0 Å². The summed E-state index contributed by atoms with van der Waals surface area (Å²) >= 11 is 0. The van der Waals surface area contributed by atoms with E-state index in [0.29, 0.717) is 12.5 Å². The molecule has 1 saturated heterocycles. The normalized spacial score (nSPS) is 16.2. The molecule has 2 aromatic carbocycles. The molecule has 1 fully saturated rings. The predicted molar refractivity (Wildman–Crippen MR) is 109 cm³/mol. The highest BCUT2D eigenvalue weighted by Gasteiger charge is 2.20. The monoisotopic (exact) mass is 369 g/mol. The highest BCUT2D eigenvalue weighted by atomic mass is 19.1. The zero-order chi connectivity index (χ0) is 19.2. The van der Waals surface area contributed by atoms with E-state index in [9.17, 15) is 9.18 Å². The third-order valence-electron chi connectivity index (χ3n) is 5.31. The van der Waals surface area contributed by atoms with Crippen LogP contribution < -0.4 is 10.2 Å². The van der Waals surface area contributed by atoms with Crippen molar-refractivity contribution >= 4 is 17.3 Å². The third-order valence-corrected chi connectivity index (χ3v) is 5.31. The van der Waals surface area contributed by atoms with Gasteiger partial charge in [-0.3, -0.25) is 9.69 Å². The van der Waals surface area contributed by atoms with E-state index in [1.54, 1.807) is 0 Å². The molecule has 144 valence electrons. The van der Waals surface area contributed by atoms with Crippen LogP contribution in [0.1, 0.15) is 31.7 Å². The summed E-state index contributed by atoms with van der Waals surface area (Å²) in [4.78, 5) is 16.9. The second-order valence-electron chi connectivity index (χ2n) is 7.18. The Bertz CT molecular complexity index is 754. The minimum absolute atomic E-state index is 0.0287. The molecular weight excluding hydrogens is 341 g/mol. The highest BCUT2D eigenvalue weighted by Crippen LogP contribution is 2.26. The first-order chi connectivity index (χ1) is 13.1. The Labute approximate surface area is 161 Å². The summed E-state index contributed by atoms with van der Waals surface area (Å²) in [5.41, 5.74) is 3.14. The van der Waals surface area contributed by atoms with Crippen molar-refractivity contribution in [1.29, 1.82) is 0 Å². The summed E-state index contributed by atoms with van der Waals surface area (Å²) in [5.74, 6) is 0.230. The summed E-state index contributed by atoms with van der Waals surface area (Å²) in [6.45, 7) is 8.04. The molecule has 0 spiro atoms. The quantitative estimate of drug-likeness (QED) is 0.833. The van der Waals surface area contributed by atoms with Gasteiger partial charge < -0.3 is 10.2 Å². The maximum absolute atomic E-state index is 13.1. The van der Waals surface area contributed by atoms with Crippen LogP contribution in [-0.2, 0) is 4.79 Å². The number of benzene rings is 2. The van der Waals surface area contributed by atoms with Crippen LogP contribution in [0.4, 0.5) is 15.8 Å². The second-order valence-corrected chi connectivity index (χ2v) is 7.18. The van der Waals surface area contributed by atoms with Crippen molar-refractivity contribution < 1.29 is 9.18 Å². The summed E-state index contributed by atoms with van der Waals surface area (Å²) in [5, 5.41) is 3.09.